The Balaban J connectivity index is 1.72. The van der Waals surface area contributed by atoms with Crippen molar-refractivity contribution in [2.75, 3.05) is 5.32 Å². The smallest absolute Gasteiger partial charge is 0.266 e. The highest BCUT2D eigenvalue weighted by molar-refractivity contribution is 7.21. The second-order valence-electron chi connectivity index (χ2n) is 5.93. The summed E-state index contributed by atoms with van der Waals surface area (Å²) in [6.45, 7) is 3.66. The first kappa shape index (κ1) is 15.7. The molecule has 0 fully saturated rings. The molecule has 7 heteroatoms. The third-order valence-corrected chi connectivity index (χ3v) is 5.49. The molecule has 0 spiro atoms. The zero-order valence-corrected chi connectivity index (χ0v) is 14.7. The SMILES string of the molecule is Cc1nn(C)c2ncc(NC(=O)c3sc4cccc(F)c4c3C)cc12. The molecule has 0 saturated carbocycles. The lowest BCUT2D eigenvalue weighted by Gasteiger charge is -2.05. The number of halogens is 1. The molecule has 1 amide bonds. The Bertz CT molecular complexity index is 1150. The molecule has 3 aromatic heterocycles. The van der Waals surface area contributed by atoms with E-state index in [0.717, 1.165) is 21.4 Å². The summed E-state index contributed by atoms with van der Waals surface area (Å²) in [6.07, 6.45) is 1.60. The summed E-state index contributed by atoms with van der Waals surface area (Å²) in [5.74, 6) is -0.569. The van der Waals surface area contributed by atoms with Gasteiger partial charge in [-0.2, -0.15) is 5.10 Å². The zero-order valence-electron chi connectivity index (χ0n) is 13.9. The Morgan fingerprint density at radius 1 is 1.32 bits per heavy atom. The van der Waals surface area contributed by atoms with Gasteiger partial charge in [0.2, 0.25) is 0 Å². The van der Waals surface area contributed by atoms with Crippen LogP contribution in [0.25, 0.3) is 21.1 Å². The number of fused-ring (bicyclic) bond motifs is 2. The van der Waals surface area contributed by atoms with Crippen LogP contribution in [0.15, 0.2) is 30.5 Å². The normalized spacial score (nSPS) is 11.4. The summed E-state index contributed by atoms with van der Waals surface area (Å²) < 4.78 is 16.5. The predicted molar refractivity (Wildman–Crippen MR) is 97.7 cm³/mol. The maximum Gasteiger partial charge on any atom is 0.266 e. The molecule has 0 radical (unpaired) electrons. The number of rotatable bonds is 2. The van der Waals surface area contributed by atoms with Crippen LogP contribution in [0.5, 0.6) is 0 Å². The number of aromatic nitrogens is 3. The van der Waals surface area contributed by atoms with Gasteiger partial charge in [0.25, 0.3) is 5.91 Å². The van der Waals surface area contributed by atoms with Gasteiger partial charge < -0.3 is 5.32 Å². The molecule has 126 valence electrons. The summed E-state index contributed by atoms with van der Waals surface area (Å²) in [4.78, 5) is 17.5. The van der Waals surface area contributed by atoms with Crippen molar-refractivity contribution in [3.8, 4) is 0 Å². The Morgan fingerprint density at radius 3 is 2.88 bits per heavy atom. The van der Waals surface area contributed by atoms with Crippen molar-refractivity contribution in [3.05, 3.63) is 52.4 Å². The van der Waals surface area contributed by atoms with Crippen molar-refractivity contribution in [2.24, 2.45) is 7.05 Å². The number of carbonyl (C=O) groups is 1. The van der Waals surface area contributed by atoms with E-state index in [2.05, 4.69) is 15.4 Å². The molecular weight excluding hydrogens is 339 g/mol. The number of nitrogens with zero attached hydrogens (tertiary/aromatic N) is 3. The van der Waals surface area contributed by atoms with Gasteiger partial charge >= 0.3 is 0 Å². The van der Waals surface area contributed by atoms with Gasteiger partial charge in [0.1, 0.15) is 5.82 Å². The highest BCUT2D eigenvalue weighted by Gasteiger charge is 2.18. The quantitative estimate of drug-likeness (QED) is 0.587. The van der Waals surface area contributed by atoms with Gasteiger partial charge in [-0.05, 0) is 37.6 Å². The second kappa shape index (κ2) is 5.63. The van der Waals surface area contributed by atoms with E-state index in [-0.39, 0.29) is 11.7 Å². The molecule has 0 aliphatic heterocycles. The fraction of sp³-hybridized carbons (Fsp3) is 0.167. The lowest BCUT2D eigenvalue weighted by molar-refractivity contribution is 0.103. The maximum absolute atomic E-state index is 14.0. The van der Waals surface area contributed by atoms with Crippen molar-refractivity contribution >= 4 is 44.1 Å². The third-order valence-electron chi connectivity index (χ3n) is 4.23. The van der Waals surface area contributed by atoms with Crippen molar-refractivity contribution in [2.45, 2.75) is 13.8 Å². The number of aryl methyl sites for hydroxylation is 3. The monoisotopic (exact) mass is 354 g/mol. The number of pyridine rings is 1. The number of anilines is 1. The first-order valence-corrected chi connectivity index (χ1v) is 8.55. The second-order valence-corrected chi connectivity index (χ2v) is 6.98. The largest absolute Gasteiger partial charge is 0.320 e. The molecule has 25 heavy (non-hydrogen) atoms. The number of nitrogens with one attached hydrogen (secondary N) is 1. The van der Waals surface area contributed by atoms with Gasteiger partial charge in [-0.1, -0.05) is 6.07 Å². The topological polar surface area (TPSA) is 59.8 Å². The molecule has 4 rings (SSSR count). The van der Waals surface area contributed by atoms with Crippen LogP contribution in [0.1, 0.15) is 20.9 Å². The summed E-state index contributed by atoms with van der Waals surface area (Å²) in [5, 5.41) is 8.58. The first-order valence-electron chi connectivity index (χ1n) is 7.74. The van der Waals surface area contributed by atoms with E-state index in [9.17, 15) is 9.18 Å². The molecule has 0 atom stereocenters. The lowest BCUT2D eigenvalue weighted by atomic mass is 10.1. The Labute approximate surface area is 147 Å². The Kier molecular flexibility index (Phi) is 3.54. The van der Waals surface area contributed by atoms with Crippen LogP contribution in [0.4, 0.5) is 10.1 Å². The van der Waals surface area contributed by atoms with Crippen LogP contribution in [0.2, 0.25) is 0 Å². The predicted octanol–water partition coefficient (Wildman–Crippen LogP) is 4.19. The summed E-state index contributed by atoms with van der Waals surface area (Å²) >= 11 is 1.29. The van der Waals surface area contributed by atoms with Crippen molar-refractivity contribution in [3.63, 3.8) is 0 Å². The molecule has 3 heterocycles. The average molecular weight is 354 g/mol. The van der Waals surface area contributed by atoms with Gasteiger partial charge in [0.05, 0.1) is 22.5 Å². The van der Waals surface area contributed by atoms with Crippen LogP contribution in [-0.2, 0) is 7.05 Å². The molecule has 0 saturated heterocycles. The molecule has 0 bridgehead atoms. The number of hydrogen-bond donors (Lipinski definition) is 1. The number of thiophene rings is 1. The van der Waals surface area contributed by atoms with E-state index >= 15 is 0 Å². The maximum atomic E-state index is 14.0. The van der Waals surface area contributed by atoms with Crippen molar-refractivity contribution < 1.29 is 9.18 Å². The molecular formula is C18H15FN4OS. The average Bonchev–Trinajstić information content (AvgIpc) is 3.06. The lowest BCUT2D eigenvalue weighted by Crippen LogP contribution is -2.11. The summed E-state index contributed by atoms with van der Waals surface area (Å²) in [6, 6.07) is 6.73. The molecule has 1 aromatic carbocycles. The summed E-state index contributed by atoms with van der Waals surface area (Å²) in [5.41, 5.74) is 2.85. The van der Waals surface area contributed by atoms with Crippen LogP contribution >= 0.6 is 11.3 Å². The van der Waals surface area contributed by atoms with Crippen molar-refractivity contribution in [1.82, 2.24) is 14.8 Å². The zero-order chi connectivity index (χ0) is 17.7. The molecule has 0 unspecified atom stereocenters. The Morgan fingerprint density at radius 2 is 2.12 bits per heavy atom. The highest BCUT2D eigenvalue weighted by Crippen LogP contribution is 2.33. The van der Waals surface area contributed by atoms with E-state index in [1.165, 1.54) is 17.4 Å². The molecule has 1 N–H and O–H groups in total. The third kappa shape index (κ3) is 2.47. The van der Waals surface area contributed by atoms with Gasteiger partial charge in [0, 0.05) is 22.5 Å². The molecule has 0 aliphatic rings. The fourth-order valence-electron chi connectivity index (χ4n) is 3.03. The fourth-order valence-corrected chi connectivity index (χ4v) is 4.15. The van der Waals surface area contributed by atoms with E-state index in [1.54, 1.807) is 23.9 Å². The van der Waals surface area contributed by atoms with E-state index in [0.29, 0.717) is 21.5 Å². The van der Waals surface area contributed by atoms with E-state index < -0.39 is 0 Å². The number of carbonyl (C=O) groups excluding carboxylic acids is 1. The van der Waals surface area contributed by atoms with Crippen LogP contribution < -0.4 is 5.32 Å². The minimum atomic E-state index is -0.306. The van der Waals surface area contributed by atoms with E-state index in [4.69, 9.17) is 0 Å². The first-order chi connectivity index (χ1) is 12.0. The van der Waals surface area contributed by atoms with Gasteiger partial charge in [0.15, 0.2) is 5.65 Å². The Hall–Kier alpha value is -2.80. The van der Waals surface area contributed by atoms with Crippen molar-refractivity contribution in [1.29, 1.82) is 0 Å². The number of amides is 1. The van der Waals surface area contributed by atoms with E-state index in [1.807, 2.05) is 26.1 Å². The molecule has 4 aromatic rings. The van der Waals surface area contributed by atoms with Gasteiger partial charge in [-0.15, -0.1) is 11.3 Å². The standard InChI is InChI=1S/C18H15FN4OS/c1-9-15-13(19)5-4-6-14(15)25-16(9)18(24)21-11-7-12-10(2)22-23(3)17(12)20-8-11/h4-8H,1-3H3,(H,21,24). The molecule has 5 nitrogen and oxygen atoms in total. The number of benzene rings is 1. The number of hydrogen-bond acceptors (Lipinski definition) is 4. The van der Waals surface area contributed by atoms with Crippen LogP contribution in [0.3, 0.4) is 0 Å². The minimum Gasteiger partial charge on any atom is -0.320 e. The summed E-state index contributed by atoms with van der Waals surface area (Å²) in [7, 11) is 1.83. The molecule has 0 aliphatic carbocycles. The van der Waals surface area contributed by atoms with Gasteiger partial charge in [-0.25, -0.2) is 9.37 Å². The highest BCUT2D eigenvalue weighted by atomic mass is 32.1. The van der Waals surface area contributed by atoms with Gasteiger partial charge in [-0.3, -0.25) is 9.48 Å². The van der Waals surface area contributed by atoms with Crippen LogP contribution in [0, 0.1) is 19.7 Å². The minimum absolute atomic E-state index is 0.263. The van der Waals surface area contributed by atoms with Crippen LogP contribution in [-0.4, -0.2) is 20.7 Å².